The standard InChI is InChI=1S/C16H21N3O4S/c1-4-13-14(16(20)23-3)15(19-18-13)24(21,22)17-10-11(2)12-8-6-5-7-9-12/h5-9,11,17H,4,10H2,1-3H3,(H,18,19). The van der Waals surface area contributed by atoms with E-state index >= 15 is 0 Å². The van der Waals surface area contributed by atoms with Crippen LogP contribution >= 0.6 is 0 Å². The molecule has 1 aromatic carbocycles. The molecule has 8 heteroatoms. The molecule has 0 aliphatic carbocycles. The molecule has 7 nitrogen and oxygen atoms in total. The molecule has 0 radical (unpaired) electrons. The summed E-state index contributed by atoms with van der Waals surface area (Å²) in [5.41, 5.74) is 1.41. The van der Waals surface area contributed by atoms with Crippen LogP contribution in [0.3, 0.4) is 0 Å². The summed E-state index contributed by atoms with van der Waals surface area (Å²) in [6, 6.07) is 9.57. The lowest BCUT2D eigenvalue weighted by Crippen LogP contribution is -2.29. The predicted octanol–water partition coefficient (Wildman–Crippen LogP) is 1.84. The van der Waals surface area contributed by atoms with Crippen molar-refractivity contribution in [3.63, 3.8) is 0 Å². The van der Waals surface area contributed by atoms with E-state index in [2.05, 4.69) is 19.7 Å². The first-order valence-electron chi connectivity index (χ1n) is 7.60. The topological polar surface area (TPSA) is 101 Å². The molecular weight excluding hydrogens is 330 g/mol. The van der Waals surface area contributed by atoms with Crippen LogP contribution in [-0.2, 0) is 21.2 Å². The third-order valence-electron chi connectivity index (χ3n) is 3.75. The number of hydrogen-bond acceptors (Lipinski definition) is 5. The van der Waals surface area contributed by atoms with Crippen LogP contribution in [0.1, 0.15) is 41.4 Å². The second kappa shape index (κ2) is 7.59. The van der Waals surface area contributed by atoms with Crippen LogP contribution < -0.4 is 4.72 Å². The number of hydrogen-bond donors (Lipinski definition) is 2. The molecule has 24 heavy (non-hydrogen) atoms. The Kier molecular flexibility index (Phi) is 5.74. The molecule has 2 N–H and O–H groups in total. The molecule has 0 fully saturated rings. The van der Waals surface area contributed by atoms with Gasteiger partial charge in [0.05, 0.1) is 12.8 Å². The number of benzene rings is 1. The normalized spacial score (nSPS) is 12.8. The fourth-order valence-corrected chi connectivity index (χ4v) is 3.57. The van der Waals surface area contributed by atoms with E-state index in [1.54, 1.807) is 6.92 Å². The maximum absolute atomic E-state index is 12.5. The SMILES string of the molecule is CCc1[nH]nc(S(=O)(=O)NCC(C)c2ccccc2)c1C(=O)OC. The van der Waals surface area contributed by atoms with E-state index in [-0.39, 0.29) is 23.1 Å². The number of rotatable bonds is 7. The van der Waals surface area contributed by atoms with Crippen LogP contribution in [0.2, 0.25) is 0 Å². The van der Waals surface area contributed by atoms with Gasteiger partial charge in [0, 0.05) is 6.54 Å². The minimum absolute atomic E-state index is 0.0212. The van der Waals surface area contributed by atoms with Gasteiger partial charge in [0.15, 0.2) is 0 Å². The zero-order valence-corrected chi connectivity index (χ0v) is 14.7. The first-order valence-corrected chi connectivity index (χ1v) is 9.09. The maximum Gasteiger partial charge on any atom is 0.342 e. The molecule has 1 heterocycles. The van der Waals surface area contributed by atoms with Crippen molar-refractivity contribution in [2.75, 3.05) is 13.7 Å². The summed E-state index contributed by atoms with van der Waals surface area (Å²) in [6.45, 7) is 3.91. The van der Waals surface area contributed by atoms with Crippen LogP contribution in [-0.4, -0.2) is 38.2 Å². The number of carbonyl (C=O) groups is 1. The summed E-state index contributed by atoms with van der Waals surface area (Å²) in [7, 11) is -2.73. The van der Waals surface area contributed by atoms with Gasteiger partial charge >= 0.3 is 5.97 Å². The summed E-state index contributed by atoms with van der Waals surface area (Å²) in [4.78, 5) is 11.9. The van der Waals surface area contributed by atoms with Gasteiger partial charge in [0.2, 0.25) is 5.03 Å². The Morgan fingerprint density at radius 3 is 2.58 bits per heavy atom. The first-order chi connectivity index (χ1) is 11.4. The molecule has 0 bridgehead atoms. The average molecular weight is 351 g/mol. The molecule has 0 aliphatic heterocycles. The van der Waals surface area contributed by atoms with Gasteiger partial charge < -0.3 is 4.74 Å². The van der Waals surface area contributed by atoms with Crippen LogP contribution in [0.25, 0.3) is 0 Å². The van der Waals surface area contributed by atoms with E-state index in [1.807, 2.05) is 37.3 Å². The van der Waals surface area contributed by atoms with Gasteiger partial charge in [-0.2, -0.15) is 5.10 Å². The van der Waals surface area contributed by atoms with E-state index in [9.17, 15) is 13.2 Å². The van der Waals surface area contributed by atoms with Crippen molar-refractivity contribution in [2.24, 2.45) is 0 Å². The molecule has 1 atom stereocenters. The second-order valence-corrected chi connectivity index (χ2v) is 7.07. The summed E-state index contributed by atoms with van der Waals surface area (Å²) in [5, 5.41) is 6.07. The van der Waals surface area contributed by atoms with E-state index in [0.717, 1.165) is 5.56 Å². The Bertz CT molecular complexity index is 800. The number of methoxy groups -OCH3 is 1. The highest BCUT2D eigenvalue weighted by Gasteiger charge is 2.29. The van der Waals surface area contributed by atoms with Crippen LogP contribution in [0.5, 0.6) is 0 Å². The largest absolute Gasteiger partial charge is 0.465 e. The van der Waals surface area contributed by atoms with E-state index in [1.165, 1.54) is 7.11 Å². The molecule has 1 aromatic heterocycles. The number of carbonyl (C=O) groups excluding carboxylic acids is 1. The Labute approximate surface area is 141 Å². The van der Waals surface area contributed by atoms with Gasteiger partial charge in [0.25, 0.3) is 10.0 Å². The molecular formula is C16H21N3O4S. The smallest absolute Gasteiger partial charge is 0.342 e. The lowest BCUT2D eigenvalue weighted by Gasteiger charge is -2.13. The molecule has 130 valence electrons. The fourth-order valence-electron chi connectivity index (χ4n) is 2.32. The molecule has 1 unspecified atom stereocenters. The van der Waals surface area contributed by atoms with Gasteiger partial charge in [-0.1, -0.05) is 44.2 Å². The number of ether oxygens (including phenoxy) is 1. The summed E-state index contributed by atoms with van der Waals surface area (Å²) >= 11 is 0. The Balaban J connectivity index is 2.22. The third kappa shape index (κ3) is 3.82. The van der Waals surface area contributed by atoms with Gasteiger partial charge in [-0.25, -0.2) is 17.9 Å². The lowest BCUT2D eigenvalue weighted by molar-refractivity contribution is 0.0595. The average Bonchev–Trinajstić information content (AvgIpc) is 3.04. The molecule has 2 aromatic rings. The van der Waals surface area contributed by atoms with Crippen molar-refractivity contribution in [3.8, 4) is 0 Å². The number of nitrogens with zero attached hydrogens (tertiary/aromatic N) is 1. The second-order valence-electron chi connectivity index (χ2n) is 5.39. The highest BCUT2D eigenvalue weighted by molar-refractivity contribution is 7.89. The maximum atomic E-state index is 12.5. The molecule has 0 saturated carbocycles. The first kappa shape index (κ1) is 18.2. The van der Waals surface area contributed by atoms with Crippen molar-refractivity contribution >= 4 is 16.0 Å². The van der Waals surface area contributed by atoms with E-state index in [0.29, 0.717) is 12.1 Å². The van der Waals surface area contributed by atoms with Crippen molar-refractivity contribution in [1.82, 2.24) is 14.9 Å². The summed E-state index contributed by atoms with van der Waals surface area (Å²) in [6.07, 6.45) is 0.438. The lowest BCUT2D eigenvalue weighted by atomic mass is 10.0. The zero-order chi connectivity index (χ0) is 17.7. The van der Waals surface area contributed by atoms with Crippen molar-refractivity contribution in [1.29, 1.82) is 0 Å². The number of nitrogens with one attached hydrogen (secondary N) is 2. The van der Waals surface area contributed by atoms with Crippen molar-refractivity contribution < 1.29 is 17.9 Å². The van der Waals surface area contributed by atoms with Gasteiger partial charge in [-0.3, -0.25) is 5.10 Å². The minimum atomic E-state index is -3.93. The molecule has 2 rings (SSSR count). The van der Waals surface area contributed by atoms with Crippen LogP contribution in [0.15, 0.2) is 35.4 Å². The molecule has 0 aliphatic rings. The van der Waals surface area contributed by atoms with Crippen LogP contribution in [0, 0.1) is 0 Å². The molecule has 0 amide bonds. The van der Waals surface area contributed by atoms with Crippen molar-refractivity contribution in [2.45, 2.75) is 31.2 Å². The van der Waals surface area contributed by atoms with Gasteiger partial charge in [0.1, 0.15) is 5.56 Å². The number of aryl methyl sites for hydroxylation is 1. The van der Waals surface area contributed by atoms with Crippen molar-refractivity contribution in [3.05, 3.63) is 47.2 Å². The fraction of sp³-hybridized carbons (Fsp3) is 0.375. The quantitative estimate of drug-likeness (QED) is 0.741. The highest BCUT2D eigenvalue weighted by atomic mass is 32.2. The monoisotopic (exact) mass is 351 g/mol. The summed E-state index contributed by atoms with van der Waals surface area (Å²) in [5.74, 6) is -0.746. The highest BCUT2D eigenvalue weighted by Crippen LogP contribution is 2.20. The molecule has 0 spiro atoms. The Hall–Kier alpha value is -2.19. The van der Waals surface area contributed by atoms with E-state index < -0.39 is 16.0 Å². The number of aromatic amines is 1. The van der Waals surface area contributed by atoms with Gasteiger partial charge in [-0.15, -0.1) is 0 Å². The Morgan fingerprint density at radius 2 is 2.00 bits per heavy atom. The number of aromatic nitrogens is 2. The third-order valence-corrected chi connectivity index (χ3v) is 5.11. The number of sulfonamides is 1. The minimum Gasteiger partial charge on any atom is -0.465 e. The zero-order valence-electron chi connectivity index (χ0n) is 13.9. The van der Waals surface area contributed by atoms with E-state index in [4.69, 9.17) is 0 Å². The molecule has 0 saturated heterocycles. The Morgan fingerprint density at radius 1 is 1.33 bits per heavy atom. The van der Waals surface area contributed by atoms with Crippen LogP contribution in [0.4, 0.5) is 0 Å². The predicted molar refractivity (Wildman–Crippen MR) is 89.4 cm³/mol. The number of esters is 1. The number of H-pyrrole nitrogens is 1. The van der Waals surface area contributed by atoms with Gasteiger partial charge in [-0.05, 0) is 17.9 Å². The summed E-state index contributed by atoms with van der Waals surface area (Å²) < 4.78 is 32.3.